The maximum atomic E-state index is 3.74. The first-order valence-electron chi connectivity index (χ1n) is 7.49. The molecule has 2 nitrogen and oxygen atoms in total. The van der Waals surface area contributed by atoms with Crippen LogP contribution >= 0.6 is 0 Å². The van der Waals surface area contributed by atoms with Crippen molar-refractivity contribution in [3.05, 3.63) is 0 Å². The normalized spacial score (nSPS) is 23.8. The maximum absolute atomic E-state index is 3.74. The molecule has 1 aliphatic rings. The lowest BCUT2D eigenvalue weighted by atomic mass is 9.96. The van der Waals surface area contributed by atoms with Crippen molar-refractivity contribution in [3.8, 4) is 0 Å². The number of hydrogen-bond donors (Lipinski definition) is 1. The summed E-state index contributed by atoms with van der Waals surface area (Å²) >= 11 is 0. The van der Waals surface area contributed by atoms with E-state index in [0.717, 1.165) is 12.5 Å². The van der Waals surface area contributed by atoms with E-state index in [1.54, 1.807) is 0 Å². The zero-order chi connectivity index (χ0) is 12.9. The van der Waals surface area contributed by atoms with Crippen LogP contribution in [-0.2, 0) is 0 Å². The second kappa shape index (κ2) is 6.75. The second-order valence-electron chi connectivity index (χ2n) is 6.31. The third-order valence-corrected chi connectivity index (χ3v) is 4.48. The SMILES string of the molecule is CCCNC(CN1CCCC1(C)C)C(C)CC. The van der Waals surface area contributed by atoms with E-state index < -0.39 is 0 Å². The Morgan fingerprint density at radius 2 is 2.00 bits per heavy atom. The molecule has 1 rings (SSSR count). The first kappa shape index (κ1) is 15.0. The fraction of sp³-hybridized carbons (Fsp3) is 1.00. The van der Waals surface area contributed by atoms with Crippen LogP contribution in [-0.4, -0.2) is 36.1 Å². The number of nitrogens with one attached hydrogen (secondary N) is 1. The molecule has 1 fully saturated rings. The van der Waals surface area contributed by atoms with Gasteiger partial charge < -0.3 is 5.32 Å². The molecule has 0 aliphatic carbocycles. The standard InChI is InChI=1S/C15H32N2/c1-6-10-16-14(13(3)7-2)12-17-11-8-9-15(17,4)5/h13-14,16H,6-12H2,1-5H3. The summed E-state index contributed by atoms with van der Waals surface area (Å²) in [6, 6.07) is 0.664. The average Bonchev–Trinajstić information content (AvgIpc) is 2.62. The summed E-state index contributed by atoms with van der Waals surface area (Å²) in [5.74, 6) is 0.776. The summed E-state index contributed by atoms with van der Waals surface area (Å²) in [4.78, 5) is 2.69. The van der Waals surface area contributed by atoms with E-state index in [1.165, 1.54) is 38.8 Å². The molecule has 2 atom stereocenters. The highest BCUT2D eigenvalue weighted by Crippen LogP contribution is 2.28. The van der Waals surface area contributed by atoms with E-state index in [0.29, 0.717) is 11.6 Å². The van der Waals surface area contributed by atoms with E-state index in [-0.39, 0.29) is 0 Å². The molecular formula is C15H32N2. The van der Waals surface area contributed by atoms with Crippen LogP contribution in [0.5, 0.6) is 0 Å². The van der Waals surface area contributed by atoms with Crippen LogP contribution in [0.2, 0.25) is 0 Å². The first-order valence-corrected chi connectivity index (χ1v) is 7.49. The van der Waals surface area contributed by atoms with Crippen LogP contribution in [0.25, 0.3) is 0 Å². The minimum atomic E-state index is 0.416. The molecule has 1 N–H and O–H groups in total. The third-order valence-electron chi connectivity index (χ3n) is 4.48. The molecule has 2 heteroatoms. The van der Waals surface area contributed by atoms with Gasteiger partial charge in [0, 0.05) is 18.1 Å². The highest BCUT2D eigenvalue weighted by molar-refractivity contribution is 4.90. The number of hydrogen-bond acceptors (Lipinski definition) is 2. The predicted octanol–water partition coefficient (Wildman–Crippen LogP) is 3.28. The van der Waals surface area contributed by atoms with Crippen molar-refractivity contribution in [3.63, 3.8) is 0 Å². The molecule has 0 saturated carbocycles. The molecule has 1 heterocycles. The van der Waals surface area contributed by atoms with Gasteiger partial charge in [-0.05, 0) is 52.1 Å². The van der Waals surface area contributed by atoms with E-state index >= 15 is 0 Å². The van der Waals surface area contributed by atoms with Crippen molar-refractivity contribution in [1.29, 1.82) is 0 Å². The van der Waals surface area contributed by atoms with Gasteiger partial charge in [-0.25, -0.2) is 0 Å². The molecule has 0 aromatic rings. The van der Waals surface area contributed by atoms with Crippen LogP contribution < -0.4 is 5.32 Å². The van der Waals surface area contributed by atoms with Crippen LogP contribution in [0.1, 0.15) is 60.3 Å². The van der Waals surface area contributed by atoms with Gasteiger partial charge in [-0.15, -0.1) is 0 Å². The Balaban J connectivity index is 2.52. The lowest BCUT2D eigenvalue weighted by Gasteiger charge is -2.36. The highest BCUT2D eigenvalue weighted by atomic mass is 15.2. The molecule has 0 bridgehead atoms. The smallest absolute Gasteiger partial charge is 0.0220 e. The molecule has 0 amide bonds. The number of nitrogens with zero attached hydrogens (tertiary/aromatic N) is 1. The summed E-state index contributed by atoms with van der Waals surface area (Å²) in [7, 11) is 0. The predicted molar refractivity (Wildman–Crippen MR) is 76.4 cm³/mol. The van der Waals surface area contributed by atoms with Gasteiger partial charge in [0.1, 0.15) is 0 Å². The molecule has 0 radical (unpaired) electrons. The average molecular weight is 240 g/mol. The van der Waals surface area contributed by atoms with Crippen molar-refractivity contribution in [2.75, 3.05) is 19.6 Å². The van der Waals surface area contributed by atoms with Crippen LogP contribution in [0.4, 0.5) is 0 Å². The largest absolute Gasteiger partial charge is 0.312 e. The fourth-order valence-electron chi connectivity index (χ4n) is 2.80. The summed E-state index contributed by atoms with van der Waals surface area (Å²) in [6.07, 6.45) is 5.23. The van der Waals surface area contributed by atoms with Gasteiger partial charge in [0.05, 0.1) is 0 Å². The fourth-order valence-corrected chi connectivity index (χ4v) is 2.80. The zero-order valence-corrected chi connectivity index (χ0v) is 12.6. The minimum Gasteiger partial charge on any atom is -0.312 e. The van der Waals surface area contributed by atoms with E-state index in [9.17, 15) is 0 Å². The third kappa shape index (κ3) is 4.26. The number of likely N-dealkylation sites (tertiary alicyclic amines) is 1. The van der Waals surface area contributed by atoms with Crippen molar-refractivity contribution in [1.82, 2.24) is 10.2 Å². The van der Waals surface area contributed by atoms with Gasteiger partial charge in [-0.1, -0.05) is 27.2 Å². The van der Waals surface area contributed by atoms with Crippen molar-refractivity contribution in [2.45, 2.75) is 71.9 Å². The Bertz CT molecular complexity index is 213. The van der Waals surface area contributed by atoms with Crippen molar-refractivity contribution in [2.24, 2.45) is 5.92 Å². The van der Waals surface area contributed by atoms with Gasteiger partial charge >= 0.3 is 0 Å². The molecule has 0 spiro atoms. The van der Waals surface area contributed by atoms with Gasteiger partial charge in [0.25, 0.3) is 0 Å². The molecule has 2 unspecified atom stereocenters. The Hall–Kier alpha value is -0.0800. The molecule has 0 aromatic carbocycles. The first-order chi connectivity index (χ1) is 8.01. The maximum Gasteiger partial charge on any atom is 0.0220 e. The van der Waals surface area contributed by atoms with E-state index in [1.807, 2.05) is 0 Å². The molecular weight excluding hydrogens is 208 g/mol. The van der Waals surface area contributed by atoms with Gasteiger partial charge in [0.2, 0.25) is 0 Å². The van der Waals surface area contributed by atoms with Gasteiger partial charge in [-0.3, -0.25) is 4.90 Å². The summed E-state index contributed by atoms with van der Waals surface area (Å²) in [6.45, 7) is 15.4. The number of rotatable bonds is 7. The monoisotopic (exact) mass is 240 g/mol. The quantitative estimate of drug-likeness (QED) is 0.735. The minimum absolute atomic E-state index is 0.416. The lowest BCUT2D eigenvalue weighted by molar-refractivity contribution is 0.140. The van der Waals surface area contributed by atoms with E-state index in [4.69, 9.17) is 0 Å². The Morgan fingerprint density at radius 1 is 1.29 bits per heavy atom. The van der Waals surface area contributed by atoms with Crippen molar-refractivity contribution < 1.29 is 0 Å². The Morgan fingerprint density at radius 3 is 2.47 bits per heavy atom. The van der Waals surface area contributed by atoms with Crippen LogP contribution in [0, 0.1) is 5.92 Å². The molecule has 1 aliphatic heterocycles. The summed E-state index contributed by atoms with van der Waals surface area (Å²) < 4.78 is 0. The second-order valence-corrected chi connectivity index (χ2v) is 6.31. The Labute approximate surface area is 108 Å². The zero-order valence-electron chi connectivity index (χ0n) is 12.6. The van der Waals surface area contributed by atoms with Crippen LogP contribution in [0.15, 0.2) is 0 Å². The highest BCUT2D eigenvalue weighted by Gasteiger charge is 2.33. The summed E-state index contributed by atoms with van der Waals surface area (Å²) in [5, 5.41) is 3.74. The van der Waals surface area contributed by atoms with Crippen LogP contribution in [0.3, 0.4) is 0 Å². The molecule has 0 aromatic heterocycles. The van der Waals surface area contributed by atoms with Gasteiger partial charge in [0.15, 0.2) is 0 Å². The van der Waals surface area contributed by atoms with Gasteiger partial charge in [-0.2, -0.15) is 0 Å². The topological polar surface area (TPSA) is 15.3 Å². The molecule has 102 valence electrons. The lowest BCUT2D eigenvalue weighted by Crippen LogP contribution is -2.49. The van der Waals surface area contributed by atoms with E-state index in [2.05, 4.69) is 44.8 Å². The molecule has 17 heavy (non-hydrogen) atoms. The summed E-state index contributed by atoms with van der Waals surface area (Å²) in [5.41, 5.74) is 0.416. The molecule has 1 saturated heterocycles. The Kier molecular flexibility index (Phi) is 5.94. The van der Waals surface area contributed by atoms with Crippen molar-refractivity contribution >= 4 is 0 Å².